The number of anilines is 1. The van der Waals surface area contributed by atoms with Crippen LogP contribution in [0.15, 0.2) is 54.6 Å². The Balaban J connectivity index is 1.58. The minimum atomic E-state index is -0.0541. The van der Waals surface area contributed by atoms with Gasteiger partial charge in [0.25, 0.3) is 5.91 Å². The summed E-state index contributed by atoms with van der Waals surface area (Å²) in [5, 5.41) is 5.89. The molecular weight excluding hydrogens is 384 g/mol. The highest BCUT2D eigenvalue weighted by Crippen LogP contribution is 2.12. The standard InChI is InChI=1S/C27H38N2O2/c1-2-3-4-5-6-7-8-9-13-22-28-27(31)24-17-19-25(20-18-24)29-26(30)21-16-23-14-11-10-12-15-23/h10-12,14-15,17-20H,2-9,13,16,21-22H2,1H3,(H,28,31)(H,29,30). The number of carbonyl (C=O) groups is 2. The normalized spacial score (nSPS) is 10.6. The lowest BCUT2D eigenvalue weighted by Gasteiger charge is -2.08. The van der Waals surface area contributed by atoms with Crippen LogP contribution >= 0.6 is 0 Å². The third kappa shape index (κ3) is 10.8. The zero-order valence-corrected chi connectivity index (χ0v) is 19.0. The molecule has 31 heavy (non-hydrogen) atoms. The largest absolute Gasteiger partial charge is 0.352 e. The second-order valence-corrected chi connectivity index (χ2v) is 8.20. The smallest absolute Gasteiger partial charge is 0.251 e. The van der Waals surface area contributed by atoms with Crippen LogP contribution in [-0.2, 0) is 11.2 Å². The molecule has 2 aromatic carbocycles. The molecule has 0 spiro atoms. The van der Waals surface area contributed by atoms with Gasteiger partial charge in [0.05, 0.1) is 0 Å². The van der Waals surface area contributed by atoms with E-state index >= 15 is 0 Å². The van der Waals surface area contributed by atoms with Crippen molar-refractivity contribution in [3.05, 3.63) is 65.7 Å². The number of nitrogens with one attached hydrogen (secondary N) is 2. The van der Waals surface area contributed by atoms with Crippen LogP contribution in [0.1, 0.15) is 87.1 Å². The molecule has 2 rings (SSSR count). The van der Waals surface area contributed by atoms with Crippen LogP contribution in [0.3, 0.4) is 0 Å². The van der Waals surface area contributed by atoms with Crippen molar-refractivity contribution >= 4 is 17.5 Å². The molecule has 0 bridgehead atoms. The molecule has 0 saturated heterocycles. The van der Waals surface area contributed by atoms with Gasteiger partial charge in [-0.3, -0.25) is 9.59 Å². The van der Waals surface area contributed by atoms with Crippen LogP contribution in [0.25, 0.3) is 0 Å². The minimum absolute atomic E-state index is 0.0218. The molecule has 0 radical (unpaired) electrons. The summed E-state index contributed by atoms with van der Waals surface area (Å²) in [6.45, 7) is 2.96. The quantitative estimate of drug-likeness (QED) is 0.321. The Bertz CT molecular complexity index is 757. The van der Waals surface area contributed by atoms with E-state index in [0.717, 1.165) is 12.0 Å². The summed E-state index contributed by atoms with van der Waals surface area (Å²) in [4.78, 5) is 24.4. The van der Waals surface area contributed by atoms with E-state index in [9.17, 15) is 9.59 Å². The Morgan fingerprint density at radius 2 is 1.35 bits per heavy atom. The molecule has 2 amide bonds. The summed E-state index contributed by atoms with van der Waals surface area (Å²) in [7, 11) is 0. The highest BCUT2D eigenvalue weighted by Gasteiger charge is 2.07. The number of amides is 2. The van der Waals surface area contributed by atoms with Crippen molar-refractivity contribution < 1.29 is 9.59 Å². The first-order valence-corrected chi connectivity index (χ1v) is 11.9. The van der Waals surface area contributed by atoms with E-state index in [4.69, 9.17) is 0 Å². The molecule has 0 unspecified atom stereocenters. The summed E-state index contributed by atoms with van der Waals surface area (Å²) in [5.41, 5.74) is 2.49. The van der Waals surface area contributed by atoms with Crippen LogP contribution in [-0.4, -0.2) is 18.4 Å². The van der Waals surface area contributed by atoms with Crippen LogP contribution in [0.4, 0.5) is 5.69 Å². The van der Waals surface area contributed by atoms with Gasteiger partial charge in [-0.15, -0.1) is 0 Å². The number of hydrogen-bond acceptors (Lipinski definition) is 2. The second-order valence-electron chi connectivity index (χ2n) is 8.20. The summed E-state index contributed by atoms with van der Waals surface area (Å²) < 4.78 is 0. The average Bonchev–Trinajstić information content (AvgIpc) is 2.80. The fourth-order valence-corrected chi connectivity index (χ4v) is 3.57. The molecule has 0 heterocycles. The molecule has 0 atom stereocenters. The third-order valence-corrected chi connectivity index (χ3v) is 5.48. The highest BCUT2D eigenvalue weighted by molar-refractivity contribution is 5.95. The van der Waals surface area contributed by atoms with Crippen molar-refractivity contribution in [1.82, 2.24) is 5.32 Å². The van der Waals surface area contributed by atoms with Crippen molar-refractivity contribution in [2.24, 2.45) is 0 Å². The monoisotopic (exact) mass is 422 g/mol. The van der Waals surface area contributed by atoms with Gasteiger partial charge >= 0.3 is 0 Å². The number of carbonyl (C=O) groups excluding carboxylic acids is 2. The van der Waals surface area contributed by atoms with Crippen LogP contribution in [0, 0.1) is 0 Å². The van der Waals surface area contributed by atoms with Gasteiger partial charge in [-0.2, -0.15) is 0 Å². The van der Waals surface area contributed by atoms with E-state index < -0.39 is 0 Å². The lowest BCUT2D eigenvalue weighted by atomic mass is 10.1. The predicted octanol–water partition coefficient (Wildman–Crippen LogP) is 6.52. The number of rotatable bonds is 15. The van der Waals surface area contributed by atoms with Crippen molar-refractivity contribution in [2.45, 2.75) is 77.6 Å². The average molecular weight is 423 g/mol. The zero-order valence-electron chi connectivity index (χ0n) is 19.0. The molecule has 2 aromatic rings. The lowest BCUT2D eigenvalue weighted by Crippen LogP contribution is -2.24. The maximum Gasteiger partial charge on any atom is 0.251 e. The van der Waals surface area contributed by atoms with Crippen molar-refractivity contribution in [3.8, 4) is 0 Å². The molecular formula is C27H38N2O2. The Morgan fingerprint density at radius 1 is 0.742 bits per heavy atom. The highest BCUT2D eigenvalue weighted by atomic mass is 16.2. The van der Waals surface area contributed by atoms with Crippen LogP contribution < -0.4 is 10.6 Å². The number of hydrogen-bond donors (Lipinski definition) is 2. The predicted molar refractivity (Wildman–Crippen MR) is 129 cm³/mol. The minimum Gasteiger partial charge on any atom is -0.352 e. The lowest BCUT2D eigenvalue weighted by molar-refractivity contribution is -0.116. The van der Waals surface area contributed by atoms with E-state index in [1.165, 1.54) is 51.4 Å². The molecule has 0 aromatic heterocycles. The number of benzene rings is 2. The van der Waals surface area contributed by atoms with E-state index in [1.54, 1.807) is 24.3 Å². The van der Waals surface area contributed by atoms with Gasteiger partial charge in [0.1, 0.15) is 0 Å². The van der Waals surface area contributed by atoms with E-state index in [-0.39, 0.29) is 11.8 Å². The summed E-state index contributed by atoms with van der Waals surface area (Å²) in [6.07, 6.45) is 12.6. The van der Waals surface area contributed by atoms with Gasteiger partial charge < -0.3 is 10.6 Å². The Kier molecular flexibility index (Phi) is 12.1. The summed E-state index contributed by atoms with van der Waals surface area (Å²) in [6, 6.07) is 17.1. The summed E-state index contributed by atoms with van der Waals surface area (Å²) >= 11 is 0. The molecule has 0 aliphatic heterocycles. The third-order valence-electron chi connectivity index (χ3n) is 5.48. The fraction of sp³-hybridized carbons (Fsp3) is 0.481. The molecule has 0 aliphatic rings. The maximum atomic E-state index is 12.3. The summed E-state index contributed by atoms with van der Waals surface area (Å²) in [5.74, 6) is -0.0760. The van der Waals surface area contributed by atoms with Gasteiger partial charge in [-0.25, -0.2) is 0 Å². The molecule has 2 N–H and O–H groups in total. The number of aryl methyl sites for hydroxylation is 1. The van der Waals surface area contributed by atoms with Crippen LogP contribution in [0.2, 0.25) is 0 Å². The maximum absolute atomic E-state index is 12.3. The number of unbranched alkanes of at least 4 members (excludes halogenated alkanes) is 8. The van der Waals surface area contributed by atoms with Gasteiger partial charge in [0, 0.05) is 24.2 Å². The van der Waals surface area contributed by atoms with Gasteiger partial charge in [-0.1, -0.05) is 88.6 Å². The second kappa shape index (κ2) is 15.2. The molecule has 4 nitrogen and oxygen atoms in total. The van der Waals surface area contributed by atoms with E-state index in [2.05, 4.69) is 17.6 Å². The van der Waals surface area contributed by atoms with Crippen LogP contribution in [0.5, 0.6) is 0 Å². The van der Waals surface area contributed by atoms with Crippen molar-refractivity contribution in [3.63, 3.8) is 0 Å². The zero-order chi connectivity index (χ0) is 22.2. The SMILES string of the molecule is CCCCCCCCCCCNC(=O)c1ccc(NC(=O)CCc2ccccc2)cc1. The van der Waals surface area contributed by atoms with E-state index in [1.807, 2.05) is 30.3 Å². The Labute approximate surface area is 187 Å². The van der Waals surface area contributed by atoms with Gasteiger partial charge in [-0.05, 0) is 42.7 Å². The molecule has 0 fully saturated rings. The van der Waals surface area contributed by atoms with E-state index in [0.29, 0.717) is 30.6 Å². The molecule has 168 valence electrons. The van der Waals surface area contributed by atoms with Gasteiger partial charge in [0.15, 0.2) is 0 Å². The van der Waals surface area contributed by atoms with Gasteiger partial charge in [0.2, 0.25) is 5.91 Å². The molecule has 0 aliphatic carbocycles. The first-order valence-electron chi connectivity index (χ1n) is 11.9. The first-order chi connectivity index (χ1) is 15.2. The topological polar surface area (TPSA) is 58.2 Å². The first kappa shape index (κ1) is 24.6. The molecule has 0 saturated carbocycles. The Morgan fingerprint density at radius 3 is 2.00 bits per heavy atom. The van der Waals surface area contributed by atoms with Crippen molar-refractivity contribution in [2.75, 3.05) is 11.9 Å². The fourth-order valence-electron chi connectivity index (χ4n) is 3.57. The Hall–Kier alpha value is -2.62. The molecule has 4 heteroatoms. The van der Waals surface area contributed by atoms with Crippen molar-refractivity contribution in [1.29, 1.82) is 0 Å².